The van der Waals surface area contributed by atoms with Gasteiger partial charge in [-0.05, 0) is 24.6 Å². The molecule has 0 fully saturated rings. The largest absolute Gasteiger partial charge is 0.424 e. The van der Waals surface area contributed by atoms with Crippen molar-refractivity contribution in [3.8, 4) is 0 Å². The second kappa shape index (κ2) is 8.36. The van der Waals surface area contributed by atoms with Crippen molar-refractivity contribution < 1.29 is 0 Å². The molecule has 0 spiro atoms. The Kier molecular flexibility index (Phi) is 6.29. The van der Waals surface area contributed by atoms with E-state index in [1.807, 2.05) is 0 Å². The van der Waals surface area contributed by atoms with Gasteiger partial charge in [0.1, 0.15) is 16.5 Å². The van der Waals surface area contributed by atoms with E-state index < -0.39 is 24.4 Å². The quantitative estimate of drug-likeness (QED) is 0.353. The van der Waals surface area contributed by atoms with Crippen LogP contribution in [0, 0.1) is 0 Å². The minimum absolute atomic E-state index is 0.591. The lowest BCUT2D eigenvalue weighted by Crippen LogP contribution is -2.60. The molecule has 146 valence electrons. The van der Waals surface area contributed by atoms with Gasteiger partial charge in [0.25, 0.3) is 0 Å². The highest BCUT2D eigenvalue weighted by Gasteiger charge is 2.36. The maximum atomic E-state index is 2.86. The number of anilines is 1. The van der Waals surface area contributed by atoms with E-state index >= 15 is 0 Å². The van der Waals surface area contributed by atoms with Crippen LogP contribution in [0.1, 0.15) is 0 Å². The van der Waals surface area contributed by atoms with Gasteiger partial charge in [-0.2, -0.15) is 0 Å². The first-order valence-corrected chi connectivity index (χ1v) is 18.2. The van der Waals surface area contributed by atoms with E-state index in [0.29, 0.717) is 0 Å². The SMILES string of the molecule is C[Si](C)(C)N(c1ccccc1P(c1ccccc1)c1ccccc1)[Si](C)(C)C. The molecule has 0 bridgehead atoms. The van der Waals surface area contributed by atoms with Crippen LogP contribution in [-0.2, 0) is 0 Å². The van der Waals surface area contributed by atoms with E-state index in [0.717, 1.165) is 0 Å². The van der Waals surface area contributed by atoms with E-state index in [-0.39, 0.29) is 0 Å². The number of nitrogens with zero attached hydrogens (tertiary/aromatic N) is 1. The Morgan fingerprint density at radius 2 is 0.929 bits per heavy atom. The lowest BCUT2D eigenvalue weighted by atomic mass is 10.3. The summed E-state index contributed by atoms with van der Waals surface area (Å²) in [5, 5.41) is 4.32. The molecule has 0 unspecified atom stereocenters. The summed E-state index contributed by atoms with van der Waals surface area (Å²) < 4.78 is 2.86. The summed E-state index contributed by atoms with van der Waals surface area (Å²) in [5.41, 5.74) is 1.46. The van der Waals surface area contributed by atoms with Gasteiger partial charge in [-0.1, -0.05) is 118 Å². The van der Waals surface area contributed by atoms with Gasteiger partial charge in [-0.3, -0.25) is 0 Å². The summed E-state index contributed by atoms with van der Waals surface area (Å²) in [7, 11) is -3.66. The third kappa shape index (κ3) is 4.65. The number of hydrogen-bond acceptors (Lipinski definition) is 1. The van der Waals surface area contributed by atoms with Crippen LogP contribution < -0.4 is 20.1 Å². The summed E-state index contributed by atoms with van der Waals surface area (Å²) in [4.78, 5) is 0. The van der Waals surface area contributed by atoms with Crippen LogP contribution >= 0.6 is 7.92 Å². The van der Waals surface area contributed by atoms with Gasteiger partial charge in [0, 0.05) is 11.0 Å². The van der Waals surface area contributed by atoms with Crippen molar-refractivity contribution in [2.24, 2.45) is 0 Å². The third-order valence-electron chi connectivity index (χ3n) is 4.73. The fourth-order valence-electron chi connectivity index (χ4n) is 4.15. The van der Waals surface area contributed by atoms with Gasteiger partial charge in [0.2, 0.25) is 0 Å². The zero-order valence-corrected chi connectivity index (χ0v) is 20.9. The molecule has 0 atom stereocenters. The number of benzene rings is 3. The third-order valence-corrected chi connectivity index (χ3v) is 14.4. The molecule has 0 radical (unpaired) electrons. The summed E-state index contributed by atoms with van der Waals surface area (Å²) in [5.74, 6) is 0. The molecule has 0 aliphatic carbocycles. The molecule has 0 N–H and O–H groups in total. The van der Waals surface area contributed by atoms with E-state index in [9.17, 15) is 0 Å². The van der Waals surface area contributed by atoms with Gasteiger partial charge in [0.15, 0.2) is 0 Å². The molecule has 0 aromatic heterocycles. The van der Waals surface area contributed by atoms with Crippen molar-refractivity contribution in [3.63, 3.8) is 0 Å². The zero-order chi connectivity index (χ0) is 20.4. The number of para-hydroxylation sites is 1. The molecule has 0 aliphatic heterocycles. The maximum Gasteiger partial charge on any atom is 0.138 e. The summed E-state index contributed by atoms with van der Waals surface area (Å²) in [6.07, 6.45) is 0. The van der Waals surface area contributed by atoms with Crippen LogP contribution in [0.15, 0.2) is 84.9 Å². The molecule has 3 aromatic carbocycles. The Labute approximate surface area is 174 Å². The maximum absolute atomic E-state index is 2.86. The van der Waals surface area contributed by atoms with Crippen molar-refractivity contribution in [3.05, 3.63) is 84.9 Å². The first kappa shape index (κ1) is 21.0. The van der Waals surface area contributed by atoms with Crippen molar-refractivity contribution in [2.45, 2.75) is 39.3 Å². The summed E-state index contributed by atoms with van der Waals surface area (Å²) >= 11 is 0. The Morgan fingerprint density at radius 3 is 1.36 bits per heavy atom. The first-order valence-electron chi connectivity index (χ1n) is 9.99. The molecule has 1 nitrogen and oxygen atoms in total. The lowest BCUT2D eigenvalue weighted by molar-refractivity contribution is 1.36. The Balaban J connectivity index is 2.26. The van der Waals surface area contributed by atoms with E-state index in [4.69, 9.17) is 0 Å². The van der Waals surface area contributed by atoms with Crippen molar-refractivity contribution in [1.82, 2.24) is 0 Å². The predicted octanol–water partition coefficient (Wildman–Crippen LogP) is 5.92. The van der Waals surface area contributed by atoms with Gasteiger partial charge < -0.3 is 4.23 Å². The van der Waals surface area contributed by atoms with E-state index in [1.165, 1.54) is 21.6 Å². The van der Waals surface area contributed by atoms with Crippen LogP contribution in [0.4, 0.5) is 5.69 Å². The van der Waals surface area contributed by atoms with E-state index in [2.05, 4.69) is 128 Å². The molecule has 4 heteroatoms. The smallest absolute Gasteiger partial charge is 0.138 e. The lowest BCUT2D eigenvalue weighted by Gasteiger charge is -2.47. The van der Waals surface area contributed by atoms with Crippen LogP contribution in [0.2, 0.25) is 39.3 Å². The highest BCUT2D eigenvalue weighted by Crippen LogP contribution is 2.39. The minimum atomic E-state index is -1.54. The molecule has 0 amide bonds. The molecule has 3 rings (SSSR count). The number of rotatable bonds is 6. The predicted molar refractivity (Wildman–Crippen MR) is 134 cm³/mol. The van der Waals surface area contributed by atoms with Gasteiger partial charge in [-0.15, -0.1) is 0 Å². The standard InChI is InChI=1S/C24H32NPSi2/c1-27(2,3)25(28(4,5)6)23-19-13-14-20-24(23)26(21-15-9-7-10-16-21)22-17-11-8-12-18-22/h7-20H,1-6H3. The van der Waals surface area contributed by atoms with Crippen LogP contribution in [0.5, 0.6) is 0 Å². The second-order valence-corrected chi connectivity index (χ2v) is 21.4. The average Bonchev–Trinajstić information content (AvgIpc) is 2.63. The highest BCUT2D eigenvalue weighted by molar-refractivity contribution is 7.80. The monoisotopic (exact) mass is 421 g/mol. The van der Waals surface area contributed by atoms with Crippen molar-refractivity contribution >= 4 is 46.0 Å². The summed E-state index contributed by atoms with van der Waals surface area (Å²) in [6.45, 7) is 14.9. The first-order chi connectivity index (χ1) is 13.2. The van der Waals surface area contributed by atoms with Crippen LogP contribution in [0.25, 0.3) is 0 Å². The summed E-state index contributed by atoms with van der Waals surface area (Å²) in [6, 6.07) is 31.3. The normalized spacial score (nSPS) is 12.2. The zero-order valence-electron chi connectivity index (χ0n) is 18.0. The molecular formula is C24H32NPSi2. The Hall–Kier alpha value is -1.68. The second-order valence-electron chi connectivity index (χ2n) is 9.17. The van der Waals surface area contributed by atoms with Crippen molar-refractivity contribution in [1.29, 1.82) is 0 Å². The Morgan fingerprint density at radius 1 is 0.536 bits per heavy atom. The van der Waals surface area contributed by atoms with Gasteiger partial charge in [0.05, 0.1) is 0 Å². The number of hydrogen-bond donors (Lipinski definition) is 0. The highest BCUT2D eigenvalue weighted by atomic mass is 31.1. The van der Waals surface area contributed by atoms with Gasteiger partial charge in [-0.25, -0.2) is 0 Å². The molecule has 0 aliphatic rings. The molecule has 0 saturated carbocycles. The fourth-order valence-corrected chi connectivity index (χ4v) is 16.7. The van der Waals surface area contributed by atoms with Gasteiger partial charge >= 0.3 is 0 Å². The molecule has 3 aromatic rings. The van der Waals surface area contributed by atoms with Crippen LogP contribution in [0.3, 0.4) is 0 Å². The van der Waals surface area contributed by atoms with E-state index in [1.54, 1.807) is 0 Å². The minimum Gasteiger partial charge on any atom is -0.424 e. The fraction of sp³-hybridized carbons (Fsp3) is 0.250. The average molecular weight is 422 g/mol. The molecule has 0 heterocycles. The topological polar surface area (TPSA) is 3.24 Å². The van der Waals surface area contributed by atoms with Crippen molar-refractivity contribution in [2.75, 3.05) is 4.23 Å². The Bertz CT molecular complexity index is 846. The molecule has 0 saturated heterocycles. The molecular weight excluding hydrogens is 389 g/mol. The van der Waals surface area contributed by atoms with Crippen LogP contribution in [-0.4, -0.2) is 16.5 Å². The molecule has 28 heavy (non-hydrogen) atoms.